The van der Waals surface area contributed by atoms with Crippen molar-refractivity contribution >= 4 is 6.09 Å². The Labute approximate surface area is 138 Å². The molecule has 1 aliphatic heterocycles. The molecule has 0 radical (unpaired) electrons. The number of amides is 1. The molecule has 5 nitrogen and oxygen atoms in total. The molecule has 0 bridgehead atoms. The summed E-state index contributed by atoms with van der Waals surface area (Å²) in [5.41, 5.74) is 4.84. The average molecular weight is 320 g/mol. The monoisotopic (exact) mass is 320 g/mol. The number of aliphatic hydroxyl groups is 1. The van der Waals surface area contributed by atoms with Crippen molar-refractivity contribution in [3.8, 4) is 0 Å². The van der Waals surface area contributed by atoms with Crippen LogP contribution >= 0.6 is 0 Å². The first kappa shape index (κ1) is 17.8. The van der Waals surface area contributed by atoms with Gasteiger partial charge in [-0.15, -0.1) is 0 Å². The molecule has 0 aromatic heterocycles. The minimum Gasteiger partial charge on any atom is -0.444 e. The highest BCUT2D eigenvalue weighted by atomic mass is 16.6. The van der Waals surface area contributed by atoms with Gasteiger partial charge >= 0.3 is 6.09 Å². The second kappa shape index (κ2) is 6.89. The lowest BCUT2D eigenvalue weighted by Gasteiger charge is -2.45. The fraction of sp³-hybridized carbons (Fsp3) is 0.611. The molecule has 0 spiro atoms. The van der Waals surface area contributed by atoms with Crippen molar-refractivity contribution in [1.29, 1.82) is 0 Å². The molecule has 1 aliphatic rings. The highest BCUT2D eigenvalue weighted by Gasteiger charge is 2.44. The minimum atomic E-state index is -1.27. The third-order valence-electron chi connectivity index (χ3n) is 4.27. The second-order valence-corrected chi connectivity index (χ2v) is 7.18. The van der Waals surface area contributed by atoms with Crippen LogP contribution in [0.3, 0.4) is 0 Å². The van der Waals surface area contributed by atoms with Gasteiger partial charge in [0.15, 0.2) is 0 Å². The van der Waals surface area contributed by atoms with E-state index in [0.29, 0.717) is 13.0 Å². The molecule has 5 heteroatoms. The number of piperidine rings is 1. The van der Waals surface area contributed by atoms with Crippen LogP contribution in [0, 0.1) is 0 Å². The SMILES string of the molecule is CC(C)(C)OC(=O)N1CCCC[C@@H]1[C@@](O)(CN)c1ccccc1. The van der Waals surface area contributed by atoms with Crippen LogP contribution in [0.25, 0.3) is 0 Å². The normalized spacial score (nSPS) is 21.6. The number of likely N-dealkylation sites (tertiary alicyclic amines) is 1. The van der Waals surface area contributed by atoms with E-state index in [1.54, 1.807) is 4.90 Å². The molecule has 23 heavy (non-hydrogen) atoms. The lowest BCUT2D eigenvalue weighted by molar-refractivity contribution is -0.0677. The van der Waals surface area contributed by atoms with Crippen molar-refractivity contribution in [2.24, 2.45) is 5.73 Å². The lowest BCUT2D eigenvalue weighted by atomic mass is 9.81. The molecule has 2 rings (SSSR count). The van der Waals surface area contributed by atoms with Crippen LogP contribution in [0.5, 0.6) is 0 Å². The van der Waals surface area contributed by atoms with E-state index in [0.717, 1.165) is 18.4 Å². The van der Waals surface area contributed by atoms with E-state index in [4.69, 9.17) is 10.5 Å². The molecular formula is C18H28N2O3. The fourth-order valence-electron chi connectivity index (χ4n) is 3.14. The molecule has 1 aromatic carbocycles. The Hall–Kier alpha value is -1.59. The molecule has 128 valence electrons. The van der Waals surface area contributed by atoms with Crippen LogP contribution in [0.1, 0.15) is 45.6 Å². The van der Waals surface area contributed by atoms with E-state index in [9.17, 15) is 9.90 Å². The number of hydrogen-bond acceptors (Lipinski definition) is 4. The van der Waals surface area contributed by atoms with E-state index in [-0.39, 0.29) is 18.7 Å². The van der Waals surface area contributed by atoms with Gasteiger partial charge in [-0.25, -0.2) is 4.79 Å². The van der Waals surface area contributed by atoms with E-state index in [1.165, 1.54) is 0 Å². The molecule has 0 saturated carbocycles. The van der Waals surface area contributed by atoms with Gasteiger partial charge in [-0.1, -0.05) is 30.3 Å². The van der Waals surface area contributed by atoms with Crippen molar-refractivity contribution in [3.63, 3.8) is 0 Å². The van der Waals surface area contributed by atoms with Gasteiger partial charge < -0.3 is 20.5 Å². The summed E-state index contributed by atoms with van der Waals surface area (Å²) >= 11 is 0. The van der Waals surface area contributed by atoms with Crippen LogP contribution in [0.4, 0.5) is 4.79 Å². The van der Waals surface area contributed by atoms with Gasteiger partial charge in [0.1, 0.15) is 11.2 Å². The summed E-state index contributed by atoms with van der Waals surface area (Å²) in [5.74, 6) is 0. The van der Waals surface area contributed by atoms with Gasteiger partial charge in [0.2, 0.25) is 0 Å². The maximum atomic E-state index is 12.6. The number of nitrogens with two attached hydrogens (primary N) is 1. The Morgan fingerprint density at radius 3 is 2.52 bits per heavy atom. The van der Waals surface area contributed by atoms with Crippen molar-refractivity contribution in [2.45, 2.75) is 57.3 Å². The van der Waals surface area contributed by atoms with Gasteiger partial charge in [-0.05, 0) is 45.6 Å². The summed E-state index contributed by atoms with van der Waals surface area (Å²) in [5, 5.41) is 11.3. The number of rotatable bonds is 3. The van der Waals surface area contributed by atoms with Gasteiger partial charge in [0.25, 0.3) is 0 Å². The standard InChI is InChI=1S/C18H28N2O3/c1-17(2,3)23-16(21)20-12-8-7-11-15(20)18(22,13-19)14-9-5-4-6-10-14/h4-6,9-10,15,22H,7-8,11-13,19H2,1-3H3/t15-,18-/m1/s1. The van der Waals surface area contributed by atoms with E-state index in [1.807, 2.05) is 51.1 Å². The minimum absolute atomic E-state index is 0.0565. The van der Waals surface area contributed by atoms with Gasteiger partial charge in [-0.3, -0.25) is 0 Å². The Morgan fingerprint density at radius 2 is 1.96 bits per heavy atom. The predicted octanol–water partition coefficient (Wildman–Crippen LogP) is 2.62. The van der Waals surface area contributed by atoms with Crippen molar-refractivity contribution in [1.82, 2.24) is 4.90 Å². The van der Waals surface area contributed by atoms with Crippen LogP contribution in [-0.4, -0.2) is 40.8 Å². The van der Waals surface area contributed by atoms with Crippen LogP contribution in [0.2, 0.25) is 0 Å². The molecule has 1 fully saturated rings. The van der Waals surface area contributed by atoms with Crippen molar-refractivity contribution in [3.05, 3.63) is 35.9 Å². The first-order chi connectivity index (χ1) is 10.8. The van der Waals surface area contributed by atoms with Gasteiger partial charge in [0.05, 0.1) is 6.04 Å². The second-order valence-electron chi connectivity index (χ2n) is 7.18. The zero-order chi connectivity index (χ0) is 17.1. The molecule has 0 aliphatic carbocycles. The summed E-state index contributed by atoms with van der Waals surface area (Å²) in [6, 6.07) is 8.97. The van der Waals surface area contributed by atoms with Crippen LogP contribution in [-0.2, 0) is 10.3 Å². The summed E-state index contributed by atoms with van der Waals surface area (Å²) < 4.78 is 5.52. The summed E-state index contributed by atoms with van der Waals surface area (Å²) in [6.07, 6.45) is 2.19. The van der Waals surface area contributed by atoms with Crippen LogP contribution in [0.15, 0.2) is 30.3 Å². The number of carbonyl (C=O) groups excluding carboxylic acids is 1. The van der Waals surface area contributed by atoms with E-state index < -0.39 is 11.2 Å². The Balaban J connectivity index is 2.30. The molecule has 1 heterocycles. The Kier molecular flexibility index (Phi) is 5.32. The number of hydrogen-bond donors (Lipinski definition) is 2. The molecule has 1 saturated heterocycles. The molecule has 0 unspecified atom stereocenters. The maximum absolute atomic E-state index is 12.6. The lowest BCUT2D eigenvalue weighted by Crippen LogP contribution is -2.58. The van der Waals surface area contributed by atoms with Gasteiger partial charge in [-0.2, -0.15) is 0 Å². The van der Waals surface area contributed by atoms with E-state index in [2.05, 4.69) is 0 Å². The number of nitrogens with zero attached hydrogens (tertiary/aromatic N) is 1. The Morgan fingerprint density at radius 1 is 1.30 bits per heavy atom. The maximum Gasteiger partial charge on any atom is 0.410 e. The molecule has 3 N–H and O–H groups in total. The summed E-state index contributed by atoms with van der Waals surface area (Å²) in [6.45, 7) is 6.16. The quantitative estimate of drug-likeness (QED) is 0.897. The third kappa shape index (κ3) is 4.03. The highest BCUT2D eigenvalue weighted by molar-refractivity contribution is 5.69. The molecule has 1 aromatic rings. The number of carbonyl (C=O) groups is 1. The van der Waals surface area contributed by atoms with E-state index >= 15 is 0 Å². The third-order valence-corrected chi connectivity index (χ3v) is 4.27. The molecular weight excluding hydrogens is 292 g/mol. The zero-order valence-corrected chi connectivity index (χ0v) is 14.3. The Bertz CT molecular complexity index is 527. The largest absolute Gasteiger partial charge is 0.444 e. The summed E-state index contributed by atoms with van der Waals surface area (Å²) in [7, 11) is 0. The number of benzene rings is 1. The smallest absolute Gasteiger partial charge is 0.410 e. The van der Waals surface area contributed by atoms with Crippen LogP contribution < -0.4 is 5.73 Å². The average Bonchev–Trinajstić information content (AvgIpc) is 2.53. The topological polar surface area (TPSA) is 75.8 Å². The predicted molar refractivity (Wildman–Crippen MR) is 90.0 cm³/mol. The van der Waals surface area contributed by atoms with Gasteiger partial charge in [0, 0.05) is 13.1 Å². The highest BCUT2D eigenvalue weighted by Crippen LogP contribution is 2.34. The van der Waals surface area contributed by atoms with Crippen molar-refractivity contribution < 1.29 is 14.6 Å². The fourth-order valence-corrected chi connectivity index (χ4v) is 3.14. The first-order valence-electron chi connectivity index (χ1n) is 8.25. The molecule has 2 atom stereocenters. The zero-order valence-electron chi connectivity index (χ0n) is 14.3. The number of ether oxygens (including phenoxy) is 1. The van der Waals surface area contributed by atoms with Crippen molar-refractivity contribution in [2.75, 3.05) is 13.1 Å². The molecule has 1 amide bonds. The first-order valence-corrected chi connectivity index (χ1v) is 8.25. The summed E-state index contributed by atoms with van der Waals surface area (Å²) in [4.78, 5) is 14.2.